The molecule has 1 unspecified atom stereocenters. The van der Waals surface area contributed by atoms with Crippen molar-refractivity contribution in [2.75, 3.05) is 17.1 Å². The first-order valence-corrected chi connectivity index (χ1v) is 14.6. The van der Waals surface area contributed by atoms with Crippen LogP contribution >= 0.6 is 0 Å². The minimum Gasteiger partial charge on any atom is -0.352 e. The Bertz CT molecular complexity index is 1110. The average molecular weight is 514 g/mol. The van der Waals surface area contributed by atoms with Gasteiger partial charge >= 0.3 is 0 Å². The number of anilines is 1. The van der Waals surface area contributed by atoms with Crippen LogP contribution in [0.4, 0.5) is 5.69 Å². The first-order chi connectivity index (χ1) is 17.1. The third-order valence-electron chi connectivity index (χ3n) is 6.84. The van der Waals surface area contributed by atoms with Gasteiger partial charge in [-0.1, -0.05) is 75.6 Å². The zero-order chi connectivity index (χ0) is 26.3. The predicted molar refractivity (Wildman–Crippen MR) is 144 cm³/mol. The number of carbonyl (C=O) groups excluding carboxylic acids is 2. The van der Waals surface area contributed by atoms with E-state index >= 15 is 0 Å². The van der Waals surface area contributed by atoms with Gasteiger partial charge in [-0.15, -0.1) is 0 Å². The number of sulfonamides is 1. The van der Waals surface area contributed by atoms with E-state index in [1.54, 1.807) is 19.1 Å². The highest BCUT2D eigenvalue weighted by atomic mass is 32.2. The van der Waals surface area contributed by atoms with E-state index in [1.807, 2.05) is 42.5 Å². The fourth-order valence-electron chi connectivity index (χ4n) is 4.57. The van der Waals surface area contributed by atoms with Crippen molar-refractivity contribution in [3.05, 3.63) is 65.7 Å². The monoisotopic (exact) mass is 513 g/mol. The molecule has 3 rings (SSSR count). The lowest BCUT2D eigenvalue weighted by atomic mass is 9.95. The molecule has 2 aromatic rings. The molecular formula is C28H39N3O4S. The van der Waals surface area contributed by atoms with Gasteiger partial charge < -0.3 is 10.2 Å². The summed E-state index contributed by atoms with van der Waals surface area (Å²) in [6.07, 6.45) is 6.34. The molecule has 8 heteroatoms. The van der Waals surface area contributed by atoms with Crippen LogP contribution in [0.15, 0.2) is 54.6 Å². The Hall–Kier alpha value is -2.87. The van der Waals surface area contributed by atoms with Crippen LogP contribution in [-0.4, -0.2) is 50.0 Å². The fourth-order valence-corrected chi connectivity index (χ4v) is 5.42. The molecule has 1 atom stereocenters. The van der Waals surface area contributed by atoms with Crippen LogP contribution < -0.4 is 9.62 Å². The van der Waals surface area contributed by atoms with Gasteiger partial charge in [-0.25, -0.2) is 8.42 Å². The van der Waals surface area contributed by atoms with Gasteiger partial charge in [0.15, 0.2) is 0 Å². The molecule has 0 radical (unpaired) electrons. The number of carbonyl (C=O) groups is 2. The number of hydrogen-bond acceptors (Lipinski definition) is 4. The Kier molecular flexibility index (Phi) is 9.54. The van der Waals surface area contributed by atoms with Gasteiger partial charge in [0.25, 0.3) is 0 Å². The summed E-state index contributed by atoms with van der Waals surface area (Å²) in [5.41, 5.74) is 2.38. The Morgan fingerprint density at radius 3 is 2.11 bits per heavy atom. The molecule has 0 aliphatic heterocycles. The summed E-state index contributed by atoms with van der Waals surface area (Å²) >= 11 is 0. The highest BCUT2D eigenvalue weighted by molar-refractivity contribution is 7.92. The second-order valence-corrected chi connectivity index (χ2v) is 11.9. The molecule has 0 bridgehead atoms. The smallest absolute Gasteiger partial charge is 0.244 e. The third-order valence-corrected chi connectivity index (χ3v) is 7.98. The summed E-state index contributed by atoms with van der Waals surface area (Å²) in [4.78, 5) is 28.3. The summed E-state index contributed by atoms with van der Waals surface area (Å²) in [5.74, 6) is -0.334. The largest absolute Gasteiger partial charge is 0.352 e. The van der Waals surface area contributed by atoms with Gasteiger partial charge in [0, 0.05) is 12.6 Å². The second-order valence-electron chi connectivity index (χ2n) is 10.0. The molecule has 196 valence electrons. The van der Waals surface area contributed by atoms with Crippen molar-refractivity contribution in [1.82, 2.24) is 10.2 Å². The summed E-state index contributed by atoms with van der Waals surface area (Å²) in [6.45, 7) is 5.67. The lowest BCUT2D eigenvalue weighted by Gasteiger charge is -2.33. The number of amides is 2. The lowest BCUT2D eigenvalue weighted by Crippen LogP contribution is -2.52. The van der Waals surface area contributed by atoms with Crippen molar-refractivity contribution in [2.24, 2.45) is 0 Å². The van der Waals surface area contributed by atoms with Gasteiger partial charge in [-0.05, 0) is 48.9 Å². The van der Waals surface area contributed by atoms with Gasteiger partial charge in [0.1, 0.15) is 12.6 Å². The summed E-state index contributed by atoms with van der Waals surface area (Å²) in [6, 6.07) is 16.0. The van der Waals surface area contributed by atoms with E-state index in [1.165, 1.54) is 11.3 Å². The van der Waals surface area contributed by atoms with Crippen LogP contribution in [0.5, 0.6) is 0 Å². The molecule has 36 heavy (non-hydrogen) atoms. The summed E-state index contributed by atoms with van der Waals surface area (Å²) < 4.78 is 26.5. The lowest BCUT2D eigenvalue weighted by molar-refractivity contribution is -0.139. The van der Waals surface area contributed by atoms with Crippen molar-refractivity contribution >= 4 is 27.5 Å². The maximum Gasteiger partial charge on any atom is 0.244 e. The Morgan fingerprint density at radius 2 is 1.56 bits per heavy atom. The van der Waals surface area contributed by atoms with Gasteiger partial charge in [0.05, 0.1) is 11.9 Å². The molecule has 1 N–H and O–H groups in total. The van der Waals surface area contributed by atoms with Crippen molar-refractivity contribution < 1.29 is 18.0 Å². The maximum absolute atomic E-state index is 13.6. The van der Waals surface area contributed by atoms with E-state index in [-0.39, 0.29) is 25.0 Å². The first kappa shape index (κ1) is 27.7. The molecule has 0 spiro atoms. The number of rotatable bonds is 10. The van der Waals surface area contributed by atoms with Gasteiger partial charge in [-0.2, -0.15) is 0 Å². The molecule has 2 amide bonds. The zero-order valence-corrected chi connectivity index (χ0v) is 22.6. The molecule has 1 aliphatic rings. The van der Waals surface area contributed by atoms with Gasteiger partial charge in [-0.3, -0.25) is 13.9 Å². The number of hydrogen-bond donors (Lipinski definition) is 1. The number of benzene rings is 2. The highest BCUT2D eigenvalue weighted by Gasteiger charge is 2.31. The SMILES string of the molecule is CC(C)c1ccc(N(CC(=O)N(Cc2ccccc2)C(C)C(=O)NC2CCCCC2)S(C)(=O)=O)cc1. The molecule has 1 saturated carbocycles. The van der Waals surface area contributed by atoms with Crippen molar-refractivity contribution in [1.29, 1.82) is 0 Å². The first-order valence-electron chi connectivity index (χ1n) is 12.8. The standard InChI is InChI=1S/C28H39N3O4S/c1-21(2)24-15-17-26(18-16-24)31(36(4,34)35)20-27(32)30(19-23-11-7-5-8-12-23)22(3)28(33)29-25-13-9-6-10-14-25/h5,7-8,11-12,15-18,21-22,25H,6,9-10,13-14,19-20H2,1-4H3,(H,29,33). The van der Waals surface area contributed by atoms with E-state index in [0.717, 1.165) is 47.4 Å². The van der Waals surface area contributed by atoms with Crippen LogP contribution in [0.1, 0.15) is 69.9 Å². The molecule has 0 saturated heterocycles. The van der Waals surface area contributed by atoms with E-state index in [4.69, 9.17) is 0 Å². The van der Waals surface area contributed by atoms with Gasteiger partial charge in [0.2, 0.25) is 21.8 Å². The van der Waals surface area contributed by atoms with Crippen molar-refractivity contribution in [3.63, 3.8) is 0 Å². The van der Waals surface area contributed by atoms with Crippen LogP contribution in [0.25, 0.3) is 0 Å². The molecular weight excluding hydrogens is 474 g/mol. The van der Waals surface area contributed by atoms with E-state index < -0.39 is 22.0 Å². The molecule has 2 aromatic carbocycles. The topological polar surface area (TPSA) is 86.8 Å². The van der Waals surface area contributed by atoms with Crippen molar-refractivity contribution in [3.8, 4) is 0 Å². The summed E-state index contributed by atoms with van der Waals surface area (Å²) in [5, 5.41) is 3.11. The van der Waals surface area contributed by atoms with Crippen LogP contribution in [0, 0.1) is 0 Å². The van der Waals surface area contributed by atoms with Crippen LogP contribution in [-0.2, 0) is 26.2 Å². The Morgan fingerprint density at radius 1 is 0.944 bits per heavy atom. The molecule has 1 fully saturated rings. The van der Waals surface area contributed by atoms with Crippen LogP contribution in [0.3, 0.4) is 0 Å². The maximum atomic E-state index is 13.6. The number of nitrogens with zero attached hydrogens (tertiary/aromatic N) is 2. The fraction of sp³-hybridized carbons (Fsp3) is 0.500. The second kappa shape index (κ2) is 12.4. The zero-order valence-electron chi connectivity index (χ0n) is 21.8. The van der Waals surface area contributed by atoms with E-state index in [2.05, 4.69) is 19.2 Å². The Balaban J connectivity index is 1.84. The number of nitrogens with one attached hydrogen (secondary N) is 1. The minimum atomic E-state index is -3.74. The molecule has 1 aliphatic carbocycles. The minimum absolute atomic E-state index is 0.120. The summed E-state index contributed by atoms with van der Waals surface area (Å²) in [7, 11) is -3.74. The highest BCUT2D eigenvalue weighted by Crippen LogP contribution is 2.23. The van der Waals surface area contributed by atoms with E-state index in [0.29, 0.717) is 11.6 Å². The molecule has 0 aromatic heterocycles. The van der Waals surface area contributed by atoms with Crippen LogP contribution in [0.2, 0.25) is 0 Å². The Labute approximate surface area is 215 Å². The average Bonchev–Trinajstić information content (AvgIpc) is 2.86. The quantitative estimate of drug-likeness (QED) is 0.509. The molecule has 0 heterocycles. The normalized spacial score (nSPS) is 15.4. The van der Waals surface area contributed by atoms with E-state index in [9.17, 15) is 18.0 Å². The third kappa shape index (κ3) is 7.56. The molecule has 7 nitrogen and oxygen atoms in total. The predicted octanol–water partition coefficient (Wildman–Crippen LogP) is 4.44. The van der Waals surface area contributed by atoms with Crippen molar-refractivity contribution in [2.45, 2.75) is 77.4 Å².